The van der Waals surface area contributed by atoms with Crippen LogP contribution in [0.2, 0.25) is 0 Å². The molecular weight excluding hydrogens is 336 g/mol. The Balaban J connectivity index is 1.95. The summed E-state index contributed by atoms with van der Waals surface area (Å²) in [6, 6.07) is 13.0. The van der Waals surface area contributed by atoms with Crippen molar-refractivity contribution >= 4 is 28.9 Å². The maximum Gasteiger partial charge on any atom is 0.346 e. The second-order valence-corrected chi connectivity index (χ2v) is 6.86. The van der Waals surface area contributed by atoms with Crippen LogP contribution in [0.5, 0.6) is 0 Å². The van der Waals surface area contributed by atoms with E-state index in [-0.39, 0.29) is 23.1 Å². The number of aromatic carboxylic acids is 1. The number of hydrogen-bond donors (Lipinski definition) is 2. The van der Waals surface area contributed by atoms with Gasteiger partial charge in [-0.1, -0.05) is 36.4 Å². The number of aromatic nitrogens is 1. The molecule has 0 fully saturated rings. The average Bonchev–Trinajstić information content (AvgIpc) is 3.02. The van der Waals surface area contributed by atoms with Gasteiger partial charge in [0.25, 0.3) is 0 Å². The number of thiophene rings is 1. The number of pyridine rings is 1. The number of rotatable bonds is 3. The van der Waals surface area contributed by atoms with E-state index < -0.39 is 5.97 Å². The molecule has 2 aromatic heterocycles. The zero-order valence-electron chi connectivity index (χ0n) is 13.1. The van der Waals surface area contributed by atoms with E-state index in [9.17, 15) is 14.7 Å². The van der Waals surface area contributed by atoms with Crippen molar-refractivity contribution in [3.05, 3.63) is 70.2 Å². The lowest BCUT2D eigenvalue weighted by atomic mass is 9.89. The number of amides is 1. The standard InChI is InChI=1S/C19H14N2O3S/c22-14-9-13(12-7-4-8-20-10-12)17-16(21-14)15(18(25-17)19(23)24)11-5-2-1-3-6-11/h1-8,10,13H,9H2,(H,21,22)(H,23,24)/t13-/m0/s1. The molecule has 0 saturated carbocycles. The van der Waals surface area contributed by atoms with Gasteiger partial charge in [0.1, 0.15) is 4.88 Å². The van der Waals surface area contributed by atoms with Gasteiger partial charge in [0.05, 0.1) is 5.69 Å². The Kier molecular flexibility index (Phi) is 3.82. The molecule has 6 heteroatoms. The molecule has 1 aromatic carbocycles. The molecule has 3 heterocycles. The van der Waals surface area contributed by atoms with Gasteiger partial charge >= 0.3 is 5.97 Å². The lowest BCUT2D eigenvalue weighted by Gasteiger charge is -2.23. The Morgan fingerprint density at radius 3 is 2.68 bits per heavy atom. The Bertz CT molecular complexity index is 952. The van der Waals surface area contributed by atoms with Gasteiger partial charge in [0, 0.05) is 35.2 Å². The van der Waals surface area contributed by atoms with E-state index >= 15 is 0 Å². The first-order valence-corrected chi connectivity index (χ1v) is 8.62. The summed E-state index contributed by atoms with van der Waals surface area (Å²) in [6.45, 7) is 0. The van der Waals surface area contributed by atoms with Crippen LogP contribution in [-0.4, -0.2) is 22.0 Å². The Morgan fingerprint density at radius 2 is 2.00 bits per heavy atom. The summed E-state index contributed by atoms with van der Waals surface area (Å²) in [5, 5.41) is 12.6. The molecule has 1 atom stereocenters. The van der Waals surface area contributed by atoms with Gasteiger partial charge in [0.2, 0.25) is 5.91 Å². The summed E-state index contributed by atoms with van der Waals surface area (Å²) in [7, 11) is 0. The van der Waals surface area contributed by atoms with E-state index in [2.05, 4.69) is 10.3 Å². The van der Waals surface area contributed by atoms with Crippen LogP contribution in [0.4, 0.5) is 5.69 Å². The van der Waals surface area contributed by atoms with Crippen molar-refractivity contribution in [2.24, 2.45) is 0 Å². The Hall–Kier alpha value is -2.99. The second-order valence-electron chi connectivity index (χ2n) is 5.81. The molecule has 5 nitrogen and oxygen atoms in total. The molecule has 0 bridgehead atoms. The molecule has 0 unspecified atom stereocenters. The van der Waals surface area contributed by atoms with Gasteiger partial charge in [-0.3, -0.25) is 9.78 Å². The van der Waals surface area contributed by atoms with E-state index in [0.717, 1.165) is 16.0 Å². The molecule has 2 N–H and O–H groups in total. The van der Waals surface area contributed by atoms with Gasteiger partial charge in [-0.25, -0.2) is 4.79 Å². The minimum Gasteiger partial charge on any atom is -0.477 e. The maximum atomic E-state index is 12.3. The van der Waals surface area contributed by atoms with Crippen molar-refractivity contribution in [3.8, 4) is 11.1 Å². The Labute approximate surface area is 148 Å². The predicted molar refractivity (Wildman–Crippen MR) is 96.0 cm³/mol. The fraction of sp³-hybridized carbons (Fsp3) is 0.105. The van der Waals surface area contributed by atoms with Gasteiger partial charge in [-0.2, -0.15) is 0 Å². The normalized spacial score (nSPS) is 16.2. The maximum absolute atomic E-state index is 12.3. The summed E-state index contributed by atoms with van der Waals surface area (Å²) in [5.41, 5.74) is 2.88. The number of carboxylic acids is 1. The largest absolute Gasteiger partial charge is 0.477 e. The van der Waals surface area contributed by atoms with Crippen molar-refractivity contribution in [2.75, 3.05) is 5.32 Å². The molecule has 0 saturated heterocycles. The first-order valence-electron chi connectivity index (χ1n) is 7.80. The molecule has 1 aliphatic heterocycles. The molecule has 1 aliphatic rings. The highest BCUT2D eigenvalue weighted by atomic mass is 32.1. The minimum atomic E-state index is -0.988. The third kappa shape index (κ3) is 2.70. The highest BCUT2D eigenvalue weighted by Crippen LogP contribution is 2.49. The number of carbonyl (C=O) groups excluding carboxylic acids is 1. The van der Waals surface area contributed by atoms with E-state index in [0.29, 0.717) is 11.3 Å². The lowest BCUT2D eigenvalue weighted by molar-refractivity contribution is -0.116. The molecule has 4 rings (SSSR count). The smallest absolute Gasteiger partial charge is 0.346 e. The van der Waals surface area contributed by atoms with E-state index in [1.807, 2.05) is 42.5 Å². The fourth-order valence-corrected chi connectivity index (χ4v) is 4.41. The number of carboxylic acid groups (broad SMARTS) is 1. The van der Waals surface area contributed by atoms with Crippen LogP contribution in [-0.2, 0) is 4.79 Å². The molecule has 0 spiro atoms. The predicted octanol–water partition coefficient (Wildman–Crippen LogP) is 3.98. The Morgan fingerprint density at radius 1 is 1.20 bits per heavy atom. The molecule has 124 valence electrons. The van der Waals surface area contributed by atoms with Crippen LogP contribution in [0.3, 0.4) is 0 Å². The first kappa shape index (κ1) is 15.5. The summed E-state index contributed by atoms with van der Waals surface area (Å²) >= 11 is 1.23. The van der Waals surface area contributed by atoms with Crippen LogP contribution in [0.1, 0.15) is 32.5 Å². The first-order chi connectivity index (χ1) is 12.1. The van der Waals surface area contributed by atoms with Crippen molar-refractivity contribution in [1.29, 1.82) is 0 Å². The van der Waals surface area contributed by atoms with Gasteiger partial charge < -0.3 is 10.4 Å². The average molecular weight is 350 g/mol. The van der Waals surface area contributed by atoms with E-state index in [4.69, 9.17) is 0 Å². The summed E-state index contributed by atoms with van der Waals surface area (Å²) in [5.74, 6) is -1.29. The zero-order chi connectivity index (χ0) is 17.4. The number of hydrogen-bond acceptors (Lipinski definition) is 4. The van der Waals surface area contributed by atoms with Crippen molar-refractivity contribution in [2.45, 2.75) is 12.3 Å². The number of benzene rings is 1. The fourth-order valence-electron chi connectivity index (χ4n) is 3.17. The lowest BCUT2D eigenvalue weighted by Crippen LogP contribution is -2.22. The number of carbonyl (C=O) groups is 2. The van der Waals surface area contributed by atoms with Crippen LogP contribution in [0, 0.1) is 0 Å². The quantitative estimate of drug-likeness (QED) is 0.749. The third-order valence-electron chi connectivity index (χ3n) is 4.25. The molecule has 1 amide bonds. The monoisotopic (exact) mass is 350 g/mol. The second kappa shape index (κ2) is 6.14. The van der Waals surface area contributed by atoms with Gasteiger partial charge in [0.15, 0.2) is 0 Å². The molecular formula is C19H14N2O3S. The van der Waals surface area contributed by atoms with E-state index in [1.165, 1.54) is 11.3 Å². The van der Waals surface area contributed by atoms with Crippen molar-refractivity contribution in [3.63, 3.8) is 0 Å². The molecule has 0 aliphatic carbocycles. The van der Waals surface area contributed by atoms with Crippen LogP contribution in [0.25, 0.3) is 11.1 Å². The minimum absolute atomic E-state index is 0.117. The summed E-state index contributed by atoms with van der Waals surface area (Å²) < 4.78 is 0. The molecule has 3 aromatic rings. The van der Waals surface area contributed by atoms with Crippen molar-refractivity contribution < 1.29 is 14.7 Å². The summed E-state index contributed by atoms with van der Waals surface area (Å²) in [4.78, 5) is 29.4. The summed E-state index contributed by atoms with van der Waals surface area (Å²) in [6.07, 6.45) is 3.70. The number of nitrogens with zero attached hydrogens (tertiary/aromatic N) is 1. The van der Waals surface area contributed by atoms with Crippen LogP contribution in [0.15, 0.2) is 54.9 Å². The van der Waals surface area contributed by atoms with E-state index in [1.54, 1.807) is 12.4 Å². The van der Waals surface area contributed by atoms with Gasteiger partial charge in [-0.15, -0.1) is 11.3 Å². The molecule has 0 radical (unpaired) electrons. The van der Waals surface area contributed by atoms with Crippen LogP contribution >= 0.6 is 11.3 Å². The third-order valence-corrected chi connectivity index (χ3v) is 5.54. The topological polar surface area (TPSA) is 79.3 Å². The molecule has 25 heavy (non-hydrogen) atoms. The number of nitrogens with one attached hydrogen (secondary N) is 1. The highest BCUT2D eigenvalue weighted by molar-refractivity contribution is 7.15. The SMILES string of the molecule is O=C1C[C@@H](c2cccnc2)c2sc(C(=O)O)c(-c3ccccc3)c2N1. The highest BCUT2D eigenvalue weighted by Gasteiger charge is 2.34. The van der Waals surface area contributed by atoms with Crippen LogP contribution < -0.4 is 5.32 Å². The van der Waals surface area contributed by atoms with Gasteiger partial charge in [-0.05, 0) is 17.2 Å². The zero-order valence-corrected chi connectivity index (χ0v) is 13.9. The number of fused-ring (bicyclic) bond motifs is 1. The van der Waals surface area contributed by atoms with Crippen molar-refractivity contribution in [1.82, 2.24) is 4.98 Å². The number of anilines is 1.